The van der Waals surface area contributed by atoms with Gasteiger partial charge in [0, 0.05) is 19.0 Å². The maximum atomic E-state index is 11.9. The van der Waals surface area contributed by atoms with Gasteiger partial charge in [-0.05, 0) is 12.8 Å². The van der Waals surface area contributed by atoms with Crippen LogP contribution in [0.25, 0.3) is 0 Å². The van der Waals surface area contributed by atoms with Crippen molar-refractivity contribution in [1.29, 1.82) is 0 Å². The van der Waals surface area contributed by atoms with Gasteiger partial charge in [0.15, 0.2) is 9.84 Å². The predicted molar refractivity (Wildman–Crippen MR) is 65.9 cm³/mol. The summed E-state index contributed by atoms with van der Waals surface area (Å²) in [5.41, 5.74) is 0. The summed E-state index contributed by atoms with van der Waals surface area (Å²) in [5.74, 6) is -1.16. The zero-order valence-corrected chi connectivity index (χ0v) is 11.3. The largest absolute Gasteiger partial charge is 0.481 e. The van der Waals surface area contributed by atoms with Gasteiger partial charge in [-0.1, -0.05) is 6.92 Å². The number of carboxylic acid groups (broad SMARTS) is 1. The first kappa shape index (κ1) is 14.9. The zero-order valence-electron chi connectivity index (χ0n) is 10.5. The molecule has 18 heavy (non-hydrogen) atoms. The summed E-state index contributed by atoms with van der Waals surface area (Å²) in [6.07, 6.45) is 0.918. The number of hydrogen-bond donors (Lipinski definition) is 1. The Morgan fingerprint density at radius 1 is 1.33 bits per heavy atom. The molecule has 0 saturated carbocycles. The monoisotopic (exact) mass is 277 g/mol. The normalized spacial score (nSPS) is 21.7. The molecule has 0 aromatic heterocycles. The smallest absolute Gasteiger partial charge is 0.303 e. The molecule has 1 aliphatic rings. The fourth-order valence-corrected chi connectivity index (χ4v) is 3.86. The second-order valence-corrected chi connectivity index (χ2v) is 6.77. The third-order valence-corrected chi connectivity index (χ3v) is 4.74. The number of aliphatic carboxylic acids is 1. The van der Waals surface area contributed by atoms with Gasteiger partial charge in [-0.25, -0.2) is 8.42 Å². The van der Waals surface area contributed by atoms with E-state index < -0.39 is 15.8 Å². The van der Waals surface area contributed by atoms with Crippen LogP contribution in [0.4, 0.5) is 0 Å². The minimum atomic E-state index is -3.03. The van der Waals surface area contributed by atoms with E-state index in [1.807, 2.05) is 6.92 Å². The van der Waals surface area contributed by atoms with Crippen molar-refractivity contribution in [2.45, 2.75) is 38.6 Å². The minimum absolute atomic E-state index is 0.00577. The molecule has 1 amide bonds. The van der Waals surface area contributed by atoms with Crippen LogP contribution in [0, 0.1) is 0 Å². The molecule has 1 N–H and O–H groups in total. The van der Waals surface area contributed by atoms with E-state index in [0.29, 0.717) is 13.0 Å². The Morgan fingerprint density at radius 3 is 2.44 bits per heavy atom. The van der Waals surface area contributed by atoms with Gasteiger partial charge < -0.3 is 10.0 Å². The lowest BCUT2D eigenvalue weighted by Gasteiger charge is -2.27. The lowest BCUT2D eigenvalue weighted by Crippen LogP contribution is -2.41. The fraction of sp³-hybridized carbons (Fsp3) is 0.818. The van der Waals surface area contributed by atoms with Crippen LogP contribution in [0.1, 0.15) is 32.6 Å². The van der Waals surface area contributed by atoms with E-state index in [-0.39, 0.29) is 36.3 Å². The molecule has 6 nitrogen and oxygen atoms in total. The maximum Gasteiger partial charge on any atom is 0.303 e. The van der Waals surface area contributed by atoms with Gasteiger partial charge in [-0.2, -0.15) is 0 Å². The first-order valence-corrected chi connectivity index (χ1v) is 7.89. The quantitative estimate of drug-likeness (QED) is 0.752. The van der Waals surface area contributed by atoms with Gasteiger partial charge >= 0.3 is 5.97 Å². The van der Waals surface area contributed by atoms with Gasteiger partial charge in [0.05, 0.1) is 17.9 Å². The summed E-state index contributed by atoms with van der Waals surface area (Å²) in [4.78, 5) is 23.9. The first-order valence-electron chi connectivity index (χ1n) is 6.07. The highest BCUT2D eigenvalue weighted by atomic mass is 32.2. The Labute approximate surface area is 107 Å². The maximum absolute atomic E-state index is 11.9. The molecule has 0 aromatic carbocycles. The Morgan fingerprint density at radius 2 is 2.00 bits per heavy atom. The molecule has 1 heterocycles. The van der Waals surface area contributed by atoms with Crippen molar-refractivity contribution in [2.24, 2.45) is 0 Å². The van der Waals surface area contributed by atoms with Gasteiger partial charge in [0.2, 0.25) is 5.91 Å². The van der Waals surface area contributed by atoms with Crippen LogP contribution in [0.3, 0.4) is 0 Å². The van der Waals surface area contributed by atoms with Gasteiger partial charge in [-0.15, -0.1) is 0 Å². The summed E-state index contributed by atoms with van der Waals surface area (Å²) < 4.78 is 22.8. The van der Waals surface area contributed by atoms with Crippen molar-refractivity contribution in [3.05, 3.63) is 0 Å². The molecule has 7 heteroatoms. The molecular formula is C11H19NO5S. The third kappa shape index (κ3) is 4.29. The molecule has 104 valence electrons. The summed E-state index contributed by atoms with van der Waals surface area (Å²) in [5, 5.41) is 8.56. The van der Waals surface area contributed by atoms with Gasteiger partial charge in [0.1, 0.15) is 0 Å². The number of nitrogens with zero attached hydrogens (tertiary/aromatic N) is 1. The van der Waals surface area contributed by atoms with Gasteiger partial charge in [-0.3, -0.25) is 9.59 Å². The van der Waals surface area contributed by atoms with Crippen LogP contribution >= 0.6 is 0 Å². The number of amides is 1. The molecule has 0 spiro atoms. The van der Waals surface area contributed by atoms with Crippen LogP contribution in [0.15, 0.2) is 0 Å². The molecule has 0 radical (unpaired) electrons. The molecule has 1 fully saturated rings. The lowest BCUT2D eigenvalue weighted by atomic mass is 10.1. The third-order valence-electron chi connectivity index (χ3n) is 2.99. The van der Waals surface area contributed by atoms with E-state index in [9.17, 15) is 18.0 Å². The Kier molecular flexibility index (Phi) is 5.13. The highest BCUT2D eigenvalue weighted by Gasteiger charge is 2.34. The Balaban J connectivity index is 2.64. The van der Waals surface area contributed by atoms with Crippen molar-refractivity contribution < 1.29 is 23.1 Å². The van der Waals surface area contributed by atoms with Crippen molar-refractivity contribution in [3.63, 3.8) is 0 Å². The zero-order chi connectivity index (χ0) is 13.8. The number of sulfone groups is 1. The number of carbonyl (C=O) groups excluding carboxylic acids is 1. The molecule has 0 bridgehead atoms. The van der Waals surface area contributed by atoms with Crippen molar-refractivity contribution in [3.8, 4) is 0 Å². The highest BCUT2D eigenvalue weighted by Crippen LogP contribution is 2.19. The second-order valence-electron chi connectivity index (χ2n) is 4.54. The van der Waals surface area contributed by atoms with Crippen molar-refractivity contribution >= 4 is 21.7 Å². The number of carboxylic acids is 1. The summed E-state index contributed by atoms with van der Waals surface area (Å²) in [7, 11) is -3.03. The van der Waals surface area contributed by atoms with Crippen LogP contribution in [0.5, 0.6) is 0 Å². The first-order chi connectivity index (χ1) is 8.35. The fourth-order valence-electron chi connectivity index (χ4n) is 2.13. The summed E-state index contributed by atoms with van der Waals surface area (Å²) >= 11 is 0. The van der Waals surface area contributed by atoms with E-state index in [0.717, 1.165) is 6.42 Å². The molecule has 0 aromatic rings. The minimum Gasteiger partial charge on any atom is -0.481 e. The average molecular weight is 277 g/mol. The molecule has 0 unspecified atom stereocenters. The molecule has 0 aliphatic carbocycles. The number of hydrogen-bond acceptors (Lipinski definition) is 4. The number of rotatable bonds is 6. The molecule has 1 rings (SSSR count). The highest BCUT2D eigenvalue weighted by molar-refractivity contribution is 7.91. The lowest BCUT2D eigenvalue weighted by molar-refractivity contribution is -0.141. The SMILES string of the molecule is CCCN(C(=O)CCC(=O)O)[C@H]1CCS(=O)(=O)C1. The van der Waals surface area contributed by atoms with E-state index in [1.54, 1.807) is 0 Å². The molecule has 1 saturated heterocycles. The average Bonchev–Trinajstić information content (AvgIpc) is 2.63. The standard InChI is InChI=1S/C11H19NO5S/c1-2-6-12(10(13)3-4-11(14)15)9-5-7-18(16,17)8-9/h9H,2-8H2,1H3,(H,14,15)/t9-/m0/s1. The van der Waals surface area contributed by atoms with Crippen LogP contribution in [0.2, 0.25) is 0 Å². The van der Waals surface area contributed by atoms with E-state index in [4.69, 9.17) is 5.11 Å². The van der Waals surface area contributed by atoms with Crippen LogP contribution in [-0.2, 0) is 19.4 Å². The molecule has 1 aliphatic heterocycles. The molecular weight excluding hydrogens is 258 g/mol. The molecule has 1 atom stereocenters. The number of carbonyl (C=O) groups is 2. The Hall–Kier alpha value is -1.11. The van der Waals surface area contributed by atoms with Crippen molar-refractivity contribution in [2.75, 3.05) is 18.1 Å². The van der Waals surface area contributed by atoms with Crippen LogP contribution in [-0.4, -0.2) is 54.4 Å². The topological polar surface area (TPSA) is 91.8 Å². The van der Waals surface area contributed by atoms with E-state index in [1.165, 1.54) is 4.90 Å². The van der Waals surface area contributed by atoms with E-state index >= 15 is 0 Å². The van der Waals surface area contributed by atoms with Crippen LogP contribution < -0.4 is 0 Å². The van der Waals surface area contributed by atoms with Crippen molar-refractivity contribution in [1.82, 2.24) is 4.90 Å². The van der Waals surface area contributed by atoms with Gasteiger partial charge in [0.25, 0.3) is 0 Å². The Bertz CT molecular complexity index is 417. The summed E-state index contributed by atoms with van der Waals surface area (Å²) in [6.45, 7) is 2.39. The van der Waals surface area contributed by atoms with E-state index in [2.05, 4.69) is 0 Å². The summed E-state index contributed by atoms with van der Waals surface area (Å²) in [6, 6.07) is -0.281. The predicted octanol–water partition coefficient (Wildman–Crippen LogP) is 0.277. The second kappa shape index (κ2) is 6.17.